The van der Waals surface area contributed by atoms with E-state index in [4.69, 9.17) is 4.74 Å². The van der Waals surface area contributed by atoms with Gasteiger partial charge in [-0.3, -0.25) is 0 Å². The maximum Gasteiger partial charge on any atom is 0.244 e. The van der Waals surface area contributed by atoms with E-state index in [1.807, 2.05) is 6.92 Å². The van der Waals surface area contributed by atoms with Gasteiger partial charge in [-0.05, 0) is 25.8 Å². The third-order valence-corrected chi connectivity index (χ3v) is 5.70. The molecular weight excluding hydrogens is 280 g/mol. The summed E-state index contributed by atoms with van der Waals surface area (Å²) in [5.74, 6) is 0. The molecule has 0 bridgehead atoms. The van der Waals surface area contributed by atoms with Gasteiger partial charge in [0.1, 0.15) is 4.90 Å². The first-order chi connectivity index (χ1) is 9.52. The minimum Gasteiger partial charge on any atom is -0.390 e. The second-order valence-corrected chi connectivity index (χ2v) is 6.89. The number of hydrogen-bond donors (Lipinski definition) is 1. The Morgan fingerprint density at radius 3 is 2.50 bits per heavy atom. The number of aromatic nitrogens is 1. The average molecular weight is 302 g/mol. The van der Waals surface area contributed by atoms with E-state index >= 15 is 0 Å². The van der Waals surface area contributed by atoms with Crippen molar-refractivity contribution in [1.29, 1.82) is 0 Å². The number of rotatable bonds is 5. The largest absolute Gasteiger partial charge is 0.390 e. The molecule has 2 rings (SSSR count). The van der Waals surface area contributed by atoms with E-state index in [9.17, 15) is 13.5 Å². The lowest BCUT2D eigenvalue weighted by Crippen LogP contribution is -2.40. The van der Waals surface area contributed by atoms with Crippen LogP contribution in [-0.2, 0) is 27.9 Å². The minimum atomic E-state index is -3.47. The van der Waals surface area contributed by atoms with E-state index in [-0.39, 0.29) is 17.6 Å². The van der Waals surface area contributed by atoms with Gasteiger partial charge in [0.2, 0.25) is 10.0 Å². The Balaban J connectivity index is 2.20. The van der Waals surface area contributed by atoms with E-state index in [1.165, 1.54) is 4.31 Å². The van der Waals surface area contributed by atoms with Crippen LogP contribution in [0.15, 0.2) is 17.2 Å². The van der Waals surface area contributed by atoms with Crippen LogP contribution in [0.25, 0.3) is 0 Å². The molecule has 0 aliphatic carbocycles. The topological polar surface area (TPSA) is 71.8 Å². The highest BCUT2D eigenvalue weighted by atomic mass is 32.2. The third-order valence-electron chi connectivity index (χ3n) is 3.84. The molecule has 1 saturated heterocycles. The molecular formula is C13H22N2O4S. The first-order valence-corrected chi connectivity index (χ1v) is 8.29. The smallest absolute Gasteiger partial charge is 0.244 e. The van der Waals surface area contributed by atoms with E-state index in [0.29, 0.717) is 25.3 Å². The van der Waals surface area contributed by atoms with Crippen LogP contribution in [0.1, 0.15) is 25.5 Å². The SMILES string of the molecule is CCn1cc(S(=O)(=O)N2CCC(OC)CC2)cc1CO. The number of ether oxygens (including phenoxy) is 1. The van der Waals surface area contributed by atoms with Crippen LogP contribution < -0.4 is 0 Å². The molecule has 0 spiro atoms. The second-order valence-electron chi connectivity index (χ2n) is 4.95. The molecule has 2 heterocycles. The Morgan fingerprint density at radius 2 is 2.05 bits per heavy atom. The summed E-state index contributed by atoms with van der Waals surface area (Å²) in [4.78, 5) is 0.263. The number of sulfonamides is 1. The fourth-order valence-electron chi connectivity index (χ4n) is 2.55. The van der Waals surface area contributed by atoms with Crippen LogP contribution in [0.2, 0.25) is 0 Å². The number of aliphatic hydroxyl groups is 1. The molecule has 0 amide bonds. The molecule has 0 unspecified atom stereocenters. The first-order valence-electron chi connectivity index (χ1n) is 6.85. The predicted octanol–water partition coefficient (Wildman–Crippen LogP) is 0.800. The van der Waals surface area contributed by atoms with Gasteiger partial charge in [-0.15, -0.1) is 0 Å². The Hall–Kier alpha value is -0.890. The van der Waals surface area contributed by atoms with Crippen molar-refractivity contribution in [2.45, 2.75) is 43.9 Å². The van der Waals surface area contributed by atoms with E-state index in [1.54, 1.807) is 23.9 Å². The number of aliphatic hydroxyl groups excluding tert-OH is 1. The molecule has 20 heavy (non-hydrogen) atoms. The average Bonchev–Trinajstić information content (AvgIpc) is 2.91. The number of piperidine rings is 1. The zero-order chi connectivity index (χ0) is 14.8. The summed E-state index contributed by atoms with van der Waals surface area (Å²) in [5.41, 5.74) is 0.623. The summed E-state index contributed by atoms with van der Waals surface area (Å²) in [6.07, 6.45) is 3.19. The molecule has 7 heteroatoms. The standard InChI is InChI=1S/C13H22N2O4S/c1-3-14-9-13(8-11(14)10-16)20(17,18)15-6-4-12(19-2)5-7-15/h8-9,12,16H,3-7,10H2,1-2H3. The third kappa shape index (κ3) is 2.90. The van der Waals surface area contributed by atoms with Crippen molar-refractivity contribution in [3.63, 3.8) is 0 Å². The van der Waals surface area contributed by atoms with Crippen molar-refractivity contribution in [2.75, 3.05) is 20.2 Å². The molecule has 0 aromatic carbocycles. The zero-order valence-corrected chi connectivity index (χ0v) is 12.8. The van der Waals surface area contributed by atoms with Crippen LogP contribution in [0.3, 0.4) is 0 Å². The summed E-state index contributed by atoms with van der Waals surface area (Å²) in [6.45, 7) is 3.35. The molecule has 114 valence electrons. The fourth-order valence-corrected chi connectivity index (χ4v) is 4.09. The van der Waals surface area contributed by atoms with E-state index < -0.39 is 10.0 Å². The normalized spacial score (nSPS) is 18.6. The van der Waals surface area contributed by atoms with Crippen LogP contribution in [0.4, 0.5) is 0 Å². The number of hydrogen-bond acceptors (Lipinski definition) is 4. The molecule has 0 radical (unpaired) electrons. The highest BCUT2D eigenvalue weighted by Gasteiger charge is 2.30. The maximum absolute atomic E-state index is 12.6. The minimum absolute atomic E-state index is 0.148. The molecule has 1 N–H and O–H groups in total. The van der Waals surface area contributed by atoms with Gasteiger partial charge in [0.15, 0.2) is 0 Å². The van der Waals surface area contributed by atoms with E-state index in [0.717, 1.165) is 12.8 Å². The van der Waals surface area contributed by atoms with Crippen molar-refractivity contribution in [3.05, 3.63) is 18.0 Å². The van der Waals surface area contributed by atoms with Crippen molar-refractivity contribution in [1.82, 2.24) is 8.87 Å². The van der Waals surface area contributed by atoms with Gasteiger partial charge in [0, 0.05) is 38.6 Å². The molecule has 1 aromatic rings. The summed E-state index contributed by atoms with van der Waals surface area (Å²) in [7, 11) is -1.81. The maximum atomic E-state index is 12.6. The van der Waals surface area contributed by atoms with Gasteiger partial charge in [-0.1, -0.05) is 0 Å². The van der Waals surface area contributed by atoms with Crippen LogP contribution in [0.5, 0.6) is 0 Å². The van der Waals surface area contributed by atoms with Gasteiger partial charge in [-0.25, -0.2) is 8.42 Å². The Morgan fingerprint density at radius 1 is 1.40 bits per heavy atom. The van der Waals surface area contributed by atoms with Crippen LogP contribution in [-0.4, -0.2) is 48.7 Å². The Bertz CT molecular complexity index is 523. The van der Waals surface area contributed by atoms with Crippen LogP contribution >= 0.6 is 0 Å². The molecule has 0 saturated carbocycles. The second kappa shape index (κ2) is 6.26. The number of nitrogens with zero attached hydrogens (tertiary/aromatic N) is 2. The zero-order valence-electron chi connectivity index (χ0n) is 11.9. The van der Waals surface area contributed by atoms with Crippen LogP contribution in [0, 0.1) is 0 Å². The molecule has 0 atom stereocenters. The first kappa shape index (κ1) is 15.5. The lowest BCUT2D eigenvalue weighted by atomic mass is 10.1. The summed E-state index contributed by atoms with van der Waals surface area (Å²) < 4.78 is 33.7. The highest BCUT2D eigenvalue weighted by molar-refractivity contribution is 7.89. The highest BCUT2D eigenvalue weighted by Crippen LogP contribution is 2.23. The van der Waals surface area contributed by atoms with Gasteiger partial charge < -0.3 is 14.4 Å². The van der Waals surface area contributed by atoms with Gasteiger partial charge in [0.05, 0.1) is 12.7 Å². The quantitative estimate of drug-likeness (QED) is 0.873. The molecule has 1 fully saturated rings. The summed E-state index contributed by atoms with van der Waals surface area (Å²) >= 11 is 0. The monoisotopic (exact) mass is 302 g/mol. The predicted molar refractivity (Wildman–Crippen MR) is 74.8 cm³/mol. The fraction of sp³-hybridized carbons (Fsp3) is 0.692. The van der Waals surface area contributed by atoms with Crippen molar-refractivity contribution in [3.8, 4) is 0 Å². The molecule has 6 nitrogen and oxygen atoms in total. The van der Waals surface area contributed by atoms with Crippen molar-refractivity contribution in [2.24, 2.45) is 0 Å². The Kier molecular flexibility index (Phi) is 4.85. The Labute approximate surface area is 120 Å². The lowest BCUT2D eigenvalue weighted by Gasteiger charge is -2.30. The summed E-state index contributed by atoms with van der Waals surface area (Å²) in [5, 5.41) is 9.26. The van der Waals surface area contributed by atoms with Gasteiger partial charge in [0.25, 0.3) is 0 Å². The lowest BCUT2D eigenvalue weighted by molar-refractivity contribution is 0.0604. The molecule has 1 aromatic heterocycles. The number of methoxy groups -OCH3 is 1. The van der Waals surface area contributed by atoms with Crippen molar-refractivity contribution < 1.29 is 18.3 Å². The van der Waals surface area contributed by atoms with E-state index in [2.05, 4.69) is 0 Å². The van der Waals surface area contributed by atoms with Gasteiger partial charge in [-0.2, -0.15) is 4.31 Å². The summed E-state index contributed by atoms with van der Waals surface area (Å²) in [6, 6.07) is 1.56. The number of aryl methyl sites for hydroxylation is 1. The van der Waals surface area contributed by atoms with Crippen molar-refractivity contribution >= 4 is 10.0 Å². The van der Waals surface area contributed by atoms with Gasteiger partial charge >= 0.3 is 0 Å². The molecule has 1 aliphatic rings. The molecule has 1 aliphatic heterocycles.